The molecule has 0 saturated heterocycles. The van der Waals surface area contributed by atoms with Gasteiger partial charge in [0.1, 0.15) is 0 Å². The van der Waals surface area contributed by atoms with E-state index in [9.17, 15) is 0 Å². The van der Waals surface area contributed by atoms with Crippen LogP contribution in [0.3, 0.4) is 0 Å². The third-order valence-electron chi connectivity index (χ3n) is 0. The Balaban J connectivity index is -0.0000000267. The molecule has 0 fully saturated rings. The molecule has 0 aliphatic heterocycles. The summed E-state index contributed by atoms with van der Waals surface area (Å²) in [5.74, 6) is 0. The summed E-state index contributed by atoms with van der Waals surface area (Å²) in [6, 6.07) is 0. The van der Waals surface area contributed by atoms with E-state index in [0.29, 0.717) is 0 Å². The molecule has 0 aliphatic carbocycles. The van der Waals surface area contributed by atoms with Gasteiger partial charge in [0.15, 0.2) is 0 Å². The highest BCUT2D eigenvalue weighted by molar-refractivity contribution is 8.93. The van der Waals surface area contributed by atoms with E-state index in [2.05, 4.69) is 0 Å². The molecule has 8 heavy (non-hydrogen) atoms. The van der Waals surface area contributed by atoms with Gasteiger partial charge in [-0.25, -0.2) is 4.57 Å². The highest BCUT2D eigenvalue weighted by atomic mass is 79.9. The molecular weight excluding hydrogens is 335 g/mol. The normalized spacial score (nSPS) is 7.38. The van der Waals surface area contributed by atoms with Crippen molar-refractivity contribution >= 4 is 58.8 Å². The standard InChI is InChI=1S/3BrH.H3O4P/c;;;1-5(2,3)4/h3*1H;(H3,1,2,3,4). The van der Waals surface area contributed by atoms with E-state index in [0.717, 1.165) is 0 Å². The smallest absolute Gasteiger partial charge is 0.303 e. The molecular formula is H6Br3O4P. The van der Waals surface area contributed by atoms with Crippen molar-refractivity contribution in [1.29, 1.82) is 0 Å². The molecule has 0 heterocycles. The molecule has 0 aromatic rings. The topological polar surface area (TPSA) is 77.8 Å². The van der Waals surface area contributed by atoms with Crippen molar-refractivity contribution < 1.29 is 19.2 Å². The Labute approximate surface area is 77.8 Å². The van der Waals surface area contributed by atoms with Crippen molar-refractivity contribution in [3.05, 3.63) is 0 Å². The molecule has 3 N–H and O–H groups in total. The number of rotatable bonds is 0. The minimum atomic E-state index is -4.64. The molecule has 0 spiro atoms. The van der Waals surface area contributed by atoms with Crippen molar-refractivity contribution in [2.24, 2.45) is 0 Å². The first-order valence-electron chi connectivity index (χ1n) is 0.783. The van der Waals surface area contributed by atoms with Crippen LogP contribution in [0.4, 0.5) is 0 Å². The molecule has 0 saturated carbocycles. The van der Waals surface area contributed by atoms with E-state index in [1.807, 2.05) is 0 Å². The molecule has 0 unspecified atom stereocenters. The summed E-state index contributed by atoms with van der Waals surface area (Å²) < 4.78 is 8.88. The van der Waals surface area contributed by atoms with Gasteiger partial charge in [0.2, 0.25) is 0 Å². The fraction of sp³-hybridized carbons (Fsp3) is 0. The maximum absolute atomic E-state index is 8.88. The first kappa shape index (κ1) is 22.7. The van der Waals surface area contributed by atoms with Crippen LogP contribution in [-0.4, -0.2) is 14.7 Å². The Morgan fingerprint density at radius 1 is 0.875 bits per heavy atom. The molecule has 0 rings (SSSR count). The number of hydrogen-bond donors (Lipinski definition) is 3. The van der Waals surface area contributed by atoms with Gasteiger partial charge in [-0.1, -0.05) is 0 Å². The van der Waals surface area contributed by atoms with E-state index < -0.39 is 7.82 Å². The molecule has 56 valence electrons. The molecule has 8 heteroatoms. The van der Waals surface area contributed by atoms with E-state index in [1.165, 1.54) is 0 Å². The molecule has 0 aromatic carbocycles. The fourth-order valence-electron chi connectivity index (χ4n) is 0. The Morgan fingerprint density at radius 3 is 0.875 bits per heavy atom. The zero-order valence-electron chi connectivity index (χ0n) is 3.42. The van der Waals surface area contributed by atoms with E-state index in [1.54, 1.807) is 0 Å². The van der Waals surface area contributed by atoms with Gasteiger partial charge in [0, 0.05) is 0 Å². The second kappa shape index (κ2) is 8.55. The van der Waals surface area contributed by atoms with Crippen LogP contribution in [-0.2, 0) is 4.57 Å². The van der Waals surface area contributed by atoms with Gasteiger partial charge in [-0.15, -0.1) is 50.9 Å². The molecule has 4 nitrogen and oxygen atoms in total. The van der Waals surface area contributed by atoms with Crippen LogP contribution in [0.15, 0.2) is 0 Å². The predicted molar refractivity (Wildman–Crippen MR) is 45.2 cm³/mol. The molecule has 0 atom stereocenters. The van der Waals surface area contributed by atoms with Crippen LogP contribution in [0, 0.1) is 0 Å². The Bertz CT molecular complexity index is 57.4. The lowest BCUT2D eigenvalue weighted by molar-refractivity contribution is 0.275. The van der Waals surface area contributed by atoms with Crippen molar-refractivity contribution in [3.63, 3.8) is 0 Å². The van der Waals surface area contributed by atoms with Crippen molar-refractivity contribution in [2.45, 2.75) is 0 Å². The van der Waals surface area contributed by atoms with Crippen LogP contribution >= 0.6 is 58.8 Å². The maximum atomic E-state index is 8.88. The second-order valence-electron chi connectivity index (χ2n) is 0.513. The van der Waals surface area contributed by atoms with Gasteiger partial charge >= 0.3 is 7.82 Å². The molecule has 0 radical (unpaired) electrons. The van der Waals surface area contributed by atoms with E-state index >= 15 is 0 Å². The Morgan fingerprint density at radius 2 is 0.875 bits per heavy atom. The lowest BCUT2D eigenvalue weighted by Gasteiger charge is -1.82. The van der Waals surface area contributed by atoms with Crippen LogP contribution in [0.2, 0.25) is 0 Å². The van der Waals surface area contributed by atoms with Crippen molar-refractivity contribution in [2.75, 3.05) is 0 Å². The summed E-state index contributed by atoms with van der Waals surface area (Å²) in [5, 5.41) is 0. The molecule has 0 aromatic heterocycles. The average Bonchev–Trinajstić information content (AvgIpc) is 0.722. The van der Waals surface area contributed by atoms with Gasteiger partial charge in [-0.2, -0.15) is 0 Å². The summed E-state index contributed by atoms with van der Waals surface area (Å²) in [5.41, 5.74) is 0. The SMILES string of the molecule is Br.Br.Br.O=P(O)(O)O. The van der Waals surface area contributed by atoms with Gasteiger partial charge in [-0.3, -0.25) is 0 Å². The van der Waals surface area contributed by atoms with Gasteiger partial charge < -0.3 is 14.7 Å². The number of hydrogen-bond acceptors (Lipinski definition) is 1. The minimum absolute atomic E-state index is 0. The lowest BCUT2D eigenvalue weighted by atomic mass is 15.8. The monoisotopic (exact) mass is 338 g/mol. The van der Waals surface area contributed by atoms with Gasteiger partial charge in [0.05, 0.1) is 0 Å². The van der Waals surface area contributed by atoms with Crippen LogP contribution in [0.5, 0.6) is 0 Å². The fourth-order valence-corrected chi connectivity index (χ4v) is 0. The first-order valence-corrected chi connectivity index (χ1v) is 2.35. The summed E-state index contributed by atoms with van der Waals surface area (Å²) in [4.78, 5) is 21.6. The Kier molecular flexibility index (Phi) is 24.2. The number of phosphoric acid groups is 1. The highest BCUT2D eigenvalue weighted by Crippen LogP contribution is 2.25. The average molecular weight is 341 g/mol. The van der Waals surface area contributed by atoms with Crippen molar-refractivity contribution in [3.8, 4) is 0 Å². The van der Waals surface area contributed by atoms with E-state index in [4.69, 9.17) is 19.2 Å². The zero-order chi connectivity index (χ0) is 4.50. The maximum Gasteiger partial charge on any atom is 0.466 e. The summed E-state index contributed by atoms with van der Waals surface area (Å²) in [7, 11) is -4.64. The zero-order valence-corrected chi connectivity index (χ0v) is 9.46. The number of halogens is 3. The highest BCUT2D eigenvalue weighted by Gasteiger charge is 2.00. The first-order chi connectivity index (χ1) is 2.00. The van der Waals surface area contributed by atoms with Crippen molar-refractivity contribution in [1.82, 2.24) is 0 Å². The largest absolute Gasteiger partial charge is 0.466 e. The Hall–Kier alpha value is 1.55. The summed E-state index contributed by atoms with van der Waals surface area (Å²) in [6.45, 7) is 0. The van der Waals surface area contributed by atoms with Crippen LogP contribution in [0.25, 0.3) is 0 Å². The quantitative estimate of drug-likeness (QED) is 0.570. The molecule has 0 bridgehead atoms. The third-order valence-corrected chi connectivity index (χ3v) is 0. The molecule has 0 aliphatic rings. The van der Waals surface area contributed by atoms with Crippen LogP contribution in [0.1, 0.15) is 0 Å². The van der Waals surface area contributed by atoms with Gasteiger partial charge in [0.25, 0.3) is 0 Å². The predicted octanol–water partition coefficient (Wildman–Crippen LogP) is 0.805. The van der Waals surface area contributed by atoms with Crippen LogP contribution < -0.4 is 0 Å². The summed E-state index contributed by atoms with van der Waals surface area (Å²) in [6.07, 6.45) is 0. The lowest BCUT2D eigenvalue weighted by Crippen LogP contribution is -1.66. The summed E-state index contributed by atoms with van der Waals surface area (Å²) >= 11 is 0. The second-order valence-corrected chi connectivity index (χ2v) is 1.54. The van der Waals surface area contributed by atoms with Gasteiger partial charge in [-0.05, 0) is 0 Å². The van der Waals surface area contributed by atoms with E-state index in [-0.39, 0.29) is 50.9 Å². The third kappa shape index (κ3) is 135. The minimum Gasteiger partial charge on any atom is -0.303 e. The molecule has 0 amide bonds.